The third-order valence-corrected chi connectivity index (χ3v) is 5.04. The molecule has 2 N–H and O–H groups in total. The minimum absolute atomic E-state index is 0.287. The molecule has 1 fully saturated rings. The number of hydrogen-bond acceptors (Lipinski definition) is 2. The average molecular weight is 274 g/mol. The zero-order valence-electron chi connectivity index (χ0n) is 13.5. The molecule has 0 aliphatic heterocycles. The minimum atomic E-state index is 0.287. The molecule has 0 spiro atoms. The first-order valence-electron chi connectivity index (χ1n) is 8.01. The highest BCUT2D eigenvalue weighted by Crippen LogP contribution is 2.38. The van der Waals surface area contributed by atoms with E-state index < -0.39 is 0 Å². The third kappa shape index (κ3) is 3.35. The molecule has 2 nitrogen and oxygen atoms in total. The predicted molar refractivity (Wildman–Crippen MR) is 88.2 cm³/mol. The topological polar surface area (TPSA) is 29.3 Å². The number of aryl methyl sites for hydroxylation is 1. The van der Waals surface area contributed by atoms with Gasteiger partial charge in [0.15, 0.2) is 0 Å². The summed E-state index contributed by atoms with van der Waals surface area (Å²) in [6.45, 7) is 11.2. The van der Waals surface area contributed by atoms with Crippen molar-refractivity contribution in [3.63, 3.8) is 0 Å². The molecule has 0 amide bonds. The van der Waals surface area contributed by atoms with Crippen molar-refractivity contribution >= 4 is 5.69 Å². The van der Waals surface area contributed by atoms with Gasteiger partial charge in [-0.15, -0.1) is 0 Å². The smallest absolute Gasteiger partial charge is 0.0366 e. The summed E-state index contributed by atoms with van der Waals surface area (Å²) in [6, 6.07) is 9.18. The van der Waals surface area contributed by atoms with E-state index in [2.05, 4.69) is 56.9 Å². The lowest BCUT2D eigenvalue weighted by Crippen LogP contribution is -2.50. The molecule has 0 heterocycles. The Morgan fingerprint density at radius 2 is 1.90 bits per heavy atom. The molecule has 1 aromatic carbocycles. The fourth-order valence-corrected chi connectivity index (χ4v) is 3.46. The molecular formula is C18H30N2. The van der Waals surface area contributed by atoms with Crippen LogP contribution in [0.4, 0.5) is 5.69 Å². The van der Waals surface area contributed by atoms with Gasteiger partial charge < -0.3 is 10.6 Å². The van der Waals surface area contributed by atoms with Gasteiger partial charge in [-0.25, -0.2) is 0 Å². The molecule has 0 radical (unpaired) electrons. The zero-order valence-corrected chi connectivity index (χ0v) is 13.5. The lowest BCUT2D eigenvalue weighted by molar-refractivity contribution is 0.142. The number of hydrogen-bond donors (Lipinski definition) is 1. The Hall–Kier alpha value is -1.02. The van der Waals surface area contributed by atoms with Crippen molar-refractivity contribution in [1.29, 1.82) is 0 Å². The van der Waals surface area contributed by atoms with Crippen molar-refractivity contribution in [2.45, 2.75) is 53.0 Å². The Balaban J connectivity index is 2.08. The van der Waals surface area contributed by atoms with Crippen LogP contribution in [0.3, 0.4) is 0 Å². The molecule has 1 aromatic rings. The standard InChI is InChI=1S/C18H30N2/c1-5-20(16-10-8-14(2)9-11-16)13-15-7-6-12-18(3,4)17(15)19/h8-11,15,17H,5-7,12-13,19H2,1-4H3. The van der Waals surface area contributed by atoms with Gasteiger partial charge in [-0.05, 0) is 50.2 Å². The number of rotatable bonds is 4. The van der Waals surface area contributed by atoms with Gasteiger partial charge in [0.05, 0.1) is 0 Å². The first-order valence-corrected chi connectivity index (χ1v) is 8.01. The maximum Gasteiger partial charge on any atom is 0.0366 e. The lowest BCUT2D eigenvalue weighted by atomic mass is 9.68. The summed E-state index contributed by atoms with van der Waals surface area (Å²) < 4.78 is 0. The Morgan fingerprint density at radius 3 is 2.50 bits per heavy atom. The lowest BCUT2D eigenvalue weighted by Gasteiger charge is -2.43. The third-order valence-electron chi connectivity index (χ3n) is 5.04. The van der Waals surface area contributed by atoms with Crippen LogP contribution in [0.25, 0.3) is 0 Å². The van der Waals surface area contributed by atoms with Gasteiger partial charge in [-0.3, -0.25) is 0 Å². The maximum absolute atomic E-state index is 6.54. The summed E-state index contributed by atoms with van der Waals surface area (Å²) in [4.78, 5) is 2.48. The van der Waals surface area contributed by atoms with Crippen LogP contribution in [-0.4, -0.2) is 19.1 Å². The average Bonchev–Trinajstić information content (AvgIpc) is 2.42. The second-order valence-electron chi connectivity index (χ2n) is 7.04. The molecule has 0 bridgehead atoms. The first kappa shape index (κ1) is 15.4. The van der Waals surface area contributed by atoms with Crippen LogP contribution in [-0.2, 0) is 0 Å². The van der Waals surface area contributed by atoms with E-state index in [1.54, 1.807) is 0 Å². The number of nitrogens with two attached hydrogens (primary N) is 1. The zero-order chi connectivity index (χ0) is 14.8. The van der Waals surface area contributed by atoms with Crippen molar-refractivity contribution in [3.8, 4) is 0 Å². The SMILES string of the molecule is CCN(CC1CCCC(C)(C)C1N)c1ccc(C)cc1. The molecule has 1 saturated carbocycles. The van der Waals surface area contributed by atoms with Crippen molar-refractivity contribution in [2.75, 3.05) is 18.0 Å². The summed E-state index contributed by atoms with van der Waals surface area (Å²) >= 11 is 0. The number of benzene rings is 1. The molecule has 112 valence electrons. The van der Waals surface area contributed by atoms with Crippen LogP contribution in [0.1, 0.15) is 45.6 Å². The molecule has 2 unspecified atom stereocenters. The van der Waals surface area contributed by atoms with Gasteiger partial charge in [0.1, 0.15) is 0 Å². The van der Waals surface area contributed by atoms with E-state index in [-0.39, 0.29) is 5.41 Å². The monoisotopic (exact) mass is 274 g/mol. The summed E-state index contributed by atoms with van der Waals surface area (Å²) in [5.41, 5.74) is 9.47. The number of anilines is 1. The van der Waals surface area contributed by atoms with Crippen molar-refractivity contribution < 1.29 is 0 Å². The molecule has 0 aromatic heterocycles. The number of nitrogens with zero attached hydrogens (tertiary/aromatic N) is 1. The molecular weight excluding hydrogens is 244 g/mol. The van der Waals surface area contributed by atoms with E-state index in [4.69, 9.17) is 5.73 Å². The molecule has 2 heteroatoms. The second-order valence-corrected chi connectivity index (χ2v) is 7.04. The molecule has 2 rings (SSSR count). The largest absolute Gasteiger partial charge is 0.371 e. The highest BCUT2D eigenvalue weighted by atomic mass is 15.1. The van der Waals surface area contributed by atoms with Crippen molar-refractivity contribution in [2.24, 2.45) is 17.1 Å². The van der Waals surface area contributed by atoms with Crippen LogP contribution in [0.2, 0.25) is 0 Å². The van der Waals surface area contributed by atoms with E-state index in [1.165, 1.54) is 30.5 Å². The van der Waals surface area contributed by atoms with Gasteiger partial charge in [-0.2, -0.15) is 0 Å². The highest BCUT2D eigenvalue weighted by molar-refractivity contribution is 5.47. The Labute approximate surface area is 124 Å². The van der Waals surface area contributed by atoms with Crippen LogP contribution in [0.15, 0.2) is 24.3 Å². The quantitative estimate of drug-likeness (QED) is 0.900. The van der Waals surface area contributed by atoms with Crippen molar-refractivity contribution in [3.05, 3.63) is 29.8 Å². The summed E-state index contributed by atoms with van der Waals surface area (Å²) in [6.07, 6.45) is 3.85. The molecule has 1 aliphatic carbocycles. The van der Waals surface area contributed by atoms with Gasteiger partial charge in [0.2, 0.25) is 0 Å². The van der Waals surface area contributed by atoms with E-state index in [0.29, 0.717) is 12.0 Å². The van der Waals surface area contributed by atoms with Crippen molar-refractivity contribution in [1.82, 2.24) is 0 Å². The Morgan fingerprint density at radius 1 is 1.25 bits per heavy atom. The summed E-state index contributed by atoms with van der Waals surface area (Å²) in [5.74, 6) is 0.611. The van der Waals surface area contributed by atoms with Crippen LogP contribution in [0.5, 0.6) is 0 Å². The van der Waals surface area contributed by atoms with Gasteiger partial charge in [0.25, 0.3) is 0 Å². The van der Waals surface area contributed by atoms with E-state index >= 15 is 0 Å². The van der Waals surface area contributed by atoms with E-state index in [1.807, 2.05) is 0 Å². The van der Waals surface area contributed by atoms with Gasteiger partial charge in [0, 0.05) is 24.8 Å². The molecule has 0 saturated heterocycles. The Bertz CT molecular complexity index is 422. The minimum Gasteiger partial charge on any atom is -0.371 e. The summed E-state index contributed by atoms with van der Waals surface area (Å²) in [5, 5.41) is 0. The first-order chi connectivity index (χ1) is 9.44. The van der Waals surface area contributed by atoms with E-state index in [9.17, 15) is 0 Å². The molecule has 1 aliphatic rings. The normalized spacial score (nSPS) is 25.4. The van der Waals surface area contributed by atoms with Crippen LogP contribution < -0.4 is 10.6 Å². The second kappa shape index (κ2) is 6.17. The maximum atomic E-state index is 6.54. The fraction of sp³-hybridized carbons (Fsp3) is 0.667. The predicted octanol–water partition coefficient (Wildman–Crippen LogP) is 3.97. The van der Waals surface area contributed by atoms with E-state index in [0.717, 1.165) is 13.1 Å². The van der Waals surface area contributed by atoms with Crippen LogP contribution >= 0.6 is 0 Å². The molecule has 20 heavy (non-hydrogen) atoms. The highest BCUT2D eigenvalue weighted by Gasteiger charge is 2.36. The van der Waals surface area contributed by atoms with Gasteiger partial charge in [-0.1, -0.05) is 38.0 Å². The summed E-state index contributed by atoms with van der Waals surface area (Å²) in [7, 11) is 0. The van der Waals surface area contributed by atoms with Crippen LogP contribution in [0, 0.1) is 18.3 Å². The molecule has 2 atom stereocenters. The van der Waals surface area contributed by atoms with Gasteiger partial charge >= 0.3 is 0 Å². The fourth-order valence-electron chi connectivity index (χ4n) is 3.46. The Kier molecular flexibility index (Phi) is 4.74.